The van der Waals surface area contributed by atoms with Crippen LogP contribution in [0.4, 0.5) is 4.79 Å². The third-order valence-corrected chi connectivity index (χ3v) is 6.00. The summed E-state index contributed by atoms with van der Waals surface area (Å²) in [6, 6.07) is 0.656. The van der Waals surface area contributed by atoms with Gasteiger partial charge in [-0.05, 0) is 65.2 Å². The molecule has 146 valence electrons. The van der Waals surface area contributed by atoms with E-state index >= 15 is 0 Å². The minimum Gasteiger partial charge on any atom is -0.444 e. The van der Waals surface area contributed by atoms with Gasteiger partial charge in [-0.3, -0.25) is 0 Å². The molecule has 5 heteroatoms. The van der Waals surface area contributed by atoms with Crippen molar-refractivity contribution in [1.29, 1.82) is 0 Å². The number of carbonyl (C=O) groups excluding carboxylic acids is 1. The topological polar surface area (TPSA) is 61.8 Å². The van der Waals surface area contributed by atoms with Gasteiger partial charge in [0.15, 0.2) is 0 Å². The van der Waals surface area contributed by atoms with Crippen LogP contribution in [0.1, 0.15) is 79.6 Å². The molecule has 0 radical (unpaired) electrons. The summed E-state index contributed by atoms with van der Waals surface area (Å²) in [5, 5.41) is 14.2. The molecule has 3 unspecified atom stereocenters. The monoisotopic (exact) mass is 354 g/mol. The summed E-state index contributed by atoms with van der Waals surface area (Å²) in [5.74, 6) is 0.466. The largest absolute Gasteiger partial charge is 0.444 e. The third kappa shape index (κ3) is 5.33. The lowest BCUT2D eigenvalue weighted by molar-refractivity contribution is 0.0128. The van der Waals surface area contributed by atoms with Crippen molar-refractivity contribution in [3.05, 3.63) is 0 Å². The molecular formula is C20H38N2O3. The number of nitrogens with zero attached hydrogens (tertiary/aromatic N) is 1. The van der Waals surface area contributed by atoms with E-state index in [1.807, 2.05) is 39.5 Å². The lowest BCUT2D eigenvalue weighted by Crippen LogP contribution is -2.50. The molecule has 2 rings (SSSR count). The van der Waals surface area contributed by atoms with Gasteiger partial charge >= 0.3 is 6.09 Å². The summed E-state index contributed by atoms with van der Waals surface area (Å²) in [4.78, 5) is 14.5. The standard InChI is InChI=1S/C20H38N2O3/c1-6-20(24,7-2)14-21-16-11-8-10-15(16)17-12-9-13-22(17)18(23)25-19(3,4)5/h15-17,21,24H,6-14H2,1-5H3. The van der Waals surface area contributed by atoms with E-state index in [4.69, 9.17) is 4.74 Å². The quantitative estimate of drug-likeness (QED) is 0.763. The highest BCUT2D eigenvalue weighted by Crippen LogP contribution is 2.36. The van der Waals surface area contributed by atoms with Crippen molar-refractivity contribution in [2.24, 2.45) is 5.92 Å². The van der Waals surface area contributed by atoms with Crippen LogP contribution in [0, 0.1) is 5.92 Å². The van der Waals surface area contributed by atoms with Crippen LogP contribution in [0.2, 0.25) is 0 Å². The van der Waals surface area contributed by atoms with Gasteiger partial charge in [-0.1, -0.05) is 20.3 Å². The molecule has 0 aromatic carbocycles. The Morgan fingerprint density at radius 3 is 2.44 bits per heavy atom. The Morgan fingerprint density at radius 1 is 1.16 bits per heavy atom. The van der Waals surface area contributed by atoms with Crippen LogP contribution in [-0.4, -0.2) is 52.5 Å². The molecule has 0 bridgehead atoms. The molecule has 2 N–H and O–H groups in total. The highest BCUT2D eigenvalue weighted by Gasteiger charge is 2.42. The molecule has 1 amide bonds. The van der Waals surface area contributed by atoms with Crippen molar-refractivity contribution in [3.63, 3.8) is 0 Å². The zero-order valence-electron chi connectivity index (χ0n) is 16.8. The molecule has 5 nitrogen and oxygen atoms in total. The fourth-order valence-corrected chi connectivity index (χ4v) is 4.31. The summed E-state index contributed by atoms with van der Waals surface area (Å²) >= 11 is 0. The Hall–Kier alpha value is -0.810. The van der Waals surface area contributed by atoms with Gasteiger partial charge in [-0.2, -0.15) is 0 Å². The van der Waals surface area contributed by atoms with Crippen molar-refractivity contribution >= 4 is 6.09 Å². The molecule has 3 atom stereocenters. The van der Waals surface area contributed by atoms with Gasteiger partial charge in [-0.15, -0.1) is 0 Å². The molecule has 25 heavy (non-hydrogen) atoms. The highest BCUT2D eigenvalue weighted by atomic mass is 16.6. The number of hydrogen-bond donors (Lipinski definition) is 2. The first-order valence-electron chi connectivity index (χ1n) is 10.1. The number of nitrogens with one attached hydrogen (secondary N) is 1. The fourth-order valence-electron chi connectivity index (χ4n) is 4.31. The van der Waals surface area contributed by atoms with Crippen molar-refractivity contribution in [1.82, 2.24) is 10.2 Å². The predicted molar refractivity (Wildman–Crippen MR) is 101 cm³/mol. The second-order valence-electron chi connectivity index (χ2n) is 8.90. The lowest BCUT2D eigenvalue weighted by atomic mass is 9.91. The minimum absolute atomic E-state index is 0.167. The highest BCUT2D eigenvalue weighted by molar-refractivity contribution is 5.69. The van der Waals surface area contributed by atoms with Crippen LogP contribution in [0.25, 0.3) is 0 Å². The van der Waals surface area contributed by atoms with E-state index in [0.717, 1.165) is 45.1 Å². The van der Waals surface area contributed by atoms with E-state index in [1.165, 1.54) is 6.42 Å². The Morgan fingerprint density at radius 2 is 1.84 bits per heavy atom. The molecular weight excluding hydrogens is 316 g/mol. The van der Waals surface area contributed by atoms with Gasteiger partial charge in [0.2, 0.25) is 0 Å². The Kier molecular flexibility index (Phi) is 6.77. The van der Waals surface area contributed by atoms with E-state index in [0.29, 0.717) is 18.5 Å². The average molecular weight is 355 g/mol. The van der Waals surface area contributed by atoms with Crippen molar-refractivity contribution in [2.75, 3.05) is 13.1 Å². The van der Waals surface area contributed by atoms with Crippen molar-refractivity contribution in [2.45, 2.75) is 103 Å². The summed E-state index contributed by atoms with van der Waals surface area (Å²) in [6.45, 7) is 11.3. The van der Waals surface area contributed by atoms with Crippen LogP contribution < -0.4 is 5.32 Å². The van der Waals surface area contributed by atoms with Gasteiger partial charge in [0.05, 0.1) is 5.60 Å². The van der Waals surface area contributed by atoms with Gasteiger partial charge in [0, 0.05) is 25.2 Å². The summed E-state index contributed by atoms with van der Waals surface area (Å²) < 4.78 is 5.62. The van der Waals surface area contributed by atoms with E-state index in [9.17, 15) is 9.90 Å². The fraction of sp³-hybridized carbons (Fsp3) is 0.950. The van der Waals surface area contributed by atoms with Gasteiger partial charge in [0.25, 0.3) is 0 Å². The molecule has 1 aliphatic carbocycles. The van der Waals surface area contributed by atoms with Crippen LogP contribution in [0.3, 0.4) is 0 Å². The zero-order valence-corrected chi connectivity index (χ0v) is 16.8. The average Bonchev–Trinajstić information content (AvgIpc) is 3.19. The van der Waals surface area contributed by atoms with E-state index in [-0.39, 0.29) is 12.1 Å². The van der Waals surface area contributed by atoms with Crippen molar-refractivity contribution < 1.29 is 14.6 Å². The first-order valence-corrected chi connectivity index (χ1v) is 10.1. The molecule has 1 aliphatic heterocycles. The molecule has 2 aliphatic rings. The van der Waals surface area contributed by atoms with E-state index in [1.54, 1.807) is 0 Å². The van der Waals surface area contributed by atoms with E-state index < -0.39 is 11.2 Å². The van der Waals surface area contributed by atoms with E-state index in [2.05, 4.69) is 5.32 Å². The van der Waals surface area contributed by atoms with Gasteiger partial charge in [-0.25, -0.2) is 4.79 Å². The molecule has 2 fully saturated rings. The van der Waals surface area contributed by atoms with Crippen LogP contribution in [-0.2, 0) is 4.74 Å². The predicted octanol–water partition coefficient (Wildman–Crippen LogP) is 3.70. The molecule has 0 aromatic heterocycles. The Labute approximate surface area is 153 Å². The minimum atomic E-state index is -0.617. The van der Waals surface area contributed by atoms with Crippen LogP contribution in [0.15, 0.2) is 0 Å². The SMILES string of the molecule is CCC(O)(CC)CNC1CCCC1C1CCCN1C(=O)OC(C)(C)C. The number of ether oxygens (including phenoxy) is 1. The summed E-state index contributed by atoms with van der Waals surface area (Å²) in [7, 11) is 0. The summed E-state index contributed by atoms with van der Waals surface area (Å²) in [6.07, 6.45) is 6.96. The zero-order chi connectivity index (χ0) is 18.7. The second kappa shape index (κ2) is 8.26. The number of amides is 1. The molecule has 1 saturated carbocycles. The van der Waals surface area contributed by atoms with Crippen LogP contribution >= 0.6 is 0 Å². The second-order valence-corrected chi connectivity index (χ2v) is 8.90. The van der Waals surface area contributed by atoms with Crippen molar-refractivity contribution in [3.8, 4) is 0 Å². The van der Waals surface area contributed by atoms with Gasteiger partial charge < -0.3 is 20.1 Å². The number of rotatable bonds is 6. The molecule has 0 aromatic rings. The maximum atomic E-state index is 12.6. The number of carbonyl (C=O) groups is 1. The number of likely N-dealkylation sites (tertiary alicyclic amines) is 1. The Bertz CT molecular complexity index is 443. The molecule has 0 spiro atoms. The van der Waals surface area contributed by atoms with Gasteiger partial charge in [0.1, 0.15) is 5.60 Å². The first-order chi connectivity index (χ1) is 11.7. The maximum Gasteiger partial charge on any atom is 0.410 e. The molecule has 1 saturated heterocycles. The summed E-state index contributed by atoms with van der Waals surface area (Å²) in [5.41, 5.74) is -1.07. The number of hydrogen-bond acceptors (Lipinski definition) is 4. The third-order valence-electron chi connectivity index (χ3n) is 6.00. The first kappa shape index (κ1) is 20.5. The number of aliphatic hydroxyl groups is 1. The Balaban J connectivity index is 1.99. The normalized spacial score (nSPS) is 27.8. The lowest BCUT2D eigenvalue weighted by Gasteiger charge is -2.36. The van der Waals surface area contributed by atoms with Crippen LogP contribution in [0.5, 0.6) is 0 Å². The smallest absolute Gasteiger partial charge is 0.410 e. The molecule has 1 heterocycles. The maximum absolute atomic E-state index is 12.6.